The lowest BCUT2D eigenvalue weighted by atomic mass is 9.79. The molecule has 1 heterocycles. The molecule has 0 fully saturated rings. The first-order chi connectivity index (χ1) is 9.96. The van der Waals surface area contributed by atoms with Crippen LogP contribution in [0.1, 0.15) is 52.7 Å². The van der Waals surface area contributed by atoms with E-state index in [1.54, 1.807) is 0 Å². The molecule has 0 saturated heterocycles. The Labute approximate surface area is 143 Å². The second-order valence-electron chi connectivity index (χ2n) is 7.80. The summed E-state index contributed by atoms with van der Waals surface area (Å²) in [6.07, 6.45) is 0. The predicted molar refractivity (Wildman–Crippen MR) is 97.1 cm³/mol. The molecule has 118 valence electrons. The topological polar surface area (TPSA) is 12.9 Å². The molecule has 2 aromatic rings. The summed E-state index contributed by atoms with van der Waals surface area (Å²) >= 11 is 12.1. The zero-order valence-corrected chi connectivity index (χ0v) is 15.6. The van der Waals surface area contributed by atoms with E-state index in [9.17, 15) is 0 Å². The predicted octanol–water partition coefficient (Wildman–Crippen LogP) is 6.65. The largest absolute Gasteiger partial charge is 0.224 e. The second-order valence-corrected chi connectivity index (χ2v) is 8.57. The maximum absolute atomic E-state index is 6.06. The molecule has 0 amide bonds. The van der Waals surface area contributed by atoms with Gasteiger partial charge in [-0.1, -0.05) is 82.9 Å². The van der Waals surface area contributed by atoms with E-state index in [1.165, 1.54) is 11.1 Å². The molecule has 0 spiro atoms. The number of pyridine rings is 1. The van der Waals surface area contributed by atoms with Crippen LogP contribution in [0.3, 0.4) is 0 Å². The molecule has 0 aliphatic heterocycles. The molecule has 0 N–H and O–H groups in total. The lowest BCUT2D eigenvalue weighted by molar-refractivity contribution is 0.569. The van der Waals surface area contributed by atoms with Crippen LogP contribution in [-0.2, 0) is 10.8 Å². The molecule has 22 heavy (non-hydrogen) atoms. The van der Waals surface area contributed by atoms with Crippen molar-refractivity contribution in [2.24, 2.45) is 0 Å². The summed E-state index contributed by atoms with van der Waals surface area (Å²) in [4.78, 5) is 4.03. The highest BCUT2D eigenvalue weighted by Gasteiger charge is 2.21. The molecule has 0 saturated carbocycles. The quantitative estimate of drug-likeness (QED) is 0.531. The average Bonchev–Trinajstić information content (AvgIpc) is 2.35. The Bertz CT molecular complexity index is 639. The summed E-state index contributed by atoms with van der Waals surface area (Å²) in [7, 11) is 0. The first kappa shape index (κ1) is 17.3. The number of rotatable bonds is 1. The lowest BCUT2D eigenvalue weighted by Gasteiger charge is -2.26. The minimum atomic E-state index is 0.0800. The van der Waals surface area contributed by atoms with Crippen LogP contribution in [0.25, 0.3) is 11.1 Å². The second kappa shape index (κ2) is 5.86. The van der Waals surface area contributed by atoms with Crippen LogP contribution in [0.4, 0.5) is 0 Å². The number of nitrogens with zero attached hydrogens (tertiary/aromatic N) is 1. The molecule has 1 nitrogen and oxygen atoms in total. The summed E-state index contributed by atoms with van der Waals surface area (Å²) in [6, 6.07) is 10.5. The molecule has 2 rings (SSSR count). The molecule has 0 aliphatic carbocycles. The van der Waals surface area contributed by atoms with E-state index in [4.69, 9.17) is 23.2 Å². The van der Waals surface area contributed by atoms with Gasteiger partial charge in [-0.15, -0.1) is 0 Å². The highest BCUT2D eigenvalue weighted by atomic mass is 35.5. The molecule has 0 radical (unpaired) electrons. The standard InChI is InChI=1S/C19H23Cl2N/c1-18(2,3)14-7-12(8-15(11-14)19(4,5)6)13-9-16(20)22-17(21)10-13/h7-11H,1-6H3. The molecular formula is C19H23Cl2N. The maximum atomic E-state index is 6.06. The molecule has 0 unspecified atom stereocenters. The molecule has 0 bridgehead atoms. The summed E-state index contributed by atoms with van der Waals surface area (Å²) in [5.41, 5.74) is 4.90. The van der Waals surface area contributed by atoms with E-state index in [0.717, 1.165) is 11.1 Å². The van der Waals surface area contributed by atoms with Gasteiger partial charge in [0.25, 0.3) is 0 Å². The van der Waals surface area contributed by atoms with Crippen molar-refractivity contribution >= 4 is 23.2 Å². The van der Waals surface area contributed by atoms with Gasteiger partial charge in [-0.3, -0.25) is 0 Å². The van der Waals surface area contributed by atoms with Crippen LogP contribution in [0, 0.1) is 0 Å². The Kier molecular flexibility index (Phi) is 4.61. The number of benzene rings is 1. The van der Waals surface area contributed by atoms with Crippen molar-refractivity contribution < 1.29 is 0 Å². The summed E-state index contributed by atoms with van der Waals surface area (Å²) in [5.74, 6) is 0. The molecule has 0 aliphatic rings. The van der Waals surface area contributed by atoms with E-state index < -0.39 is 0 Å². The number of aromatic nitrogens is 1. The van der Waals surface area contributed by atoms with Gasteiger partial charge in [0.05, 0.1) is 0 Å². The van der Waals surface area contributed by atoms with Crippen LogP contribution in [-0.4, -0.2) is 4.98 Å². The van der Waals surface area contributed by atoms with Gasteiger partial charge in [-0.05, 0) is 45.2 Å². The van der Waals surface area contributed by atoms with Crippen molar-refractivity contribution in [3.8, 4) is 11.1 Å². The Hall–Kier alpha value is -1.05. The highest BCUT2D eigenvalue weighted by molar-refractivity contribution is 6.32. The van der Waals surface area contributed by atoms with Gasteiger partial charge in [0, 0.05) is 0 Å². The first-order valence-electron chi connectivity index (χ1n) is 7.46. The van der Waals surface area contributed by atoms with Crippen LogP contribution >= 0.6 is 23.2 Å². The van der Waals surface area contributed by atoms with Crippen molar-refractivity contribution in [1.82, 2.24) is 4.98 Å². The van der Waals surface area contributed by atoms with Gasteiger partial charge >= 0.3 is 0 Å². The molecule has 1 aromatic carbocycles. The van der Waals surface area contributed by atoms with Gasteiger partial charge in [0.15, 0.2) is 0 Å². The fraction of sp³-hybridized carbons (Fsp3) is 0.421. The Morgan fingerprint density at radius 2 is 1.00 bits per heavy atom. The van der Waals surface area contributed by atoms with Crippen LogP contribution in [0.5, 0.6) is 0 Å². The number of halogens is 2. The summed E-state index contributed by atoms with van der Waals surface area (Å²) in [6.45, 7) is 13.4. The third-order valence-corrected chi connectivity index (χ3v) is 4.15. The van der Waals surface area contributed by atoms with E-state index in [2.05, 4.69) is 64.7 Å². The van der Waals surface area contributed by atoms with Gasteiger partial charge in [0.1, 0.15) is 10.3 Å². The smallest absolute Gasteiger partial charge is 0.131 e. The van der Waals surface area contributed by atoms with Crippen LogP contribution < -0.4 is 0 Å². The highest BCUT2D eigenvalue weighted by Crippen LogP contribution is 2.34. The number of hydrogen-bond acceptors (Lipinski definition) is 1. The Morgan fingerprint density at radius 3 is 1.36 bits per heavy atom. The Morgan fingerprint density at radius 1 is 0.636 bits per heavy atom. The van der Waals surface area contributed by atoms with Crippen molar-refractivity contribution in [2.45, 2.75) is 52.4 Å². The maximum Gasteiger partial charge on any atom is 0.131 e. The molecule has 1 aromatic heterocycles. The molecule has 0 atom stereocenters. The minimum Gasteiger partial charge on any atom is -0.224 e. The minimum absolute atomic E-state index is 0.0800. The monoisotopic (exact) mass is 335 g/mol. The zero-order valence-electron chi connectivity index (χ0n) is 14.1. The van der Waals surface area contributed by atoms with Gasteiger partial charge in [-0.2, -0.15) is 0 Å². The van der Waals surface area contributed by atoms with Crippen molar-refractivity contribution in [2.75, 3.05) is 0 Å². The van der Waals surface area contributed by atoms with Crippen molar-refractivity contribution in [1.29, 1.82) is 0 Å². The summed E-state index contributed by atoms with van der Waals surface area (Å²) in [5, 5.41) is 0.835. The van der Waals surface area contributed by atoms with E-state index in [-0.39, 0.29) is 10.8 Å². The molecular weight excluding hydrogens is 313 g/mol. The molecule has 3 heteroatoms. The lowest BCUT2D eigenvalue weighted by Crippen LogP contribution is -2.16. The average molecular weight is 336 g/mol. The fourth-order valence-electron chi connectivity index (χ4n) is 2.29. The fourth-order valence-corrected chi connectivity index (χ4v) is 2.75. The van der Waals surface area contributed by atoms with Crippen molar-refractivity contribution in [3.63, 3.8) is 0 Å². The Balaban J connectivity index is 2.70. The van der Waals surface area contributed by atoms with Gasteiger partial charge < -0.3 is 0 Å². The third kappa shape index (κ3) is 4.02. The normalized spacial score (nSPS) is 12.5. The van der Waals surface area contributed by atoms with Gasteiger partial charge in [0.2, 0.25) is 0 Å². The van der Waals surface area contributed by atoms with Crippen LogP contribution in [0.2, 0.25) is 10.3 Å². The van der Waals surface area contributed by atoms with Gasteiger partial charge in [-0.25, -0.2) is 4.98 Å². The number of hydrogen-bond donors (Lipinski definition) is 0. The summed E-state index contributed by atoms with van der Waals surface area (Å²) < 4.78 is 0. The third-order valence-electron chi connectivity index (χ3n) is 3.76. The van der Waals surface area contributed by atoms with E-state index >= 15 is 0 Å². The van der Waals surface area contributed by atoms with E-state index in [0.29, 0.717) is 10.3 Å². The van der Waals surface area contributed by atoms with Crippen LogP contribution in [0.15, 0.2) is 30.3 Å². The zero-order chi connectivity index (χ0) is 16.7. The first-order valence-corrected chi connectivity index (χ1v) is 8.22. The van der Waals surface area contributed by atoms with E-state index in [1.807, 2.05) is 12.1 Å². The SMILES string of the molecule is CC(C)(C)c1cc(-c2cc(Cl)nc(Cl)c2)cc(C(C)(C)C)c1. The van der Waals surface area contributed by atoms with Crippen molar-refractivity contribution in [3.05, 3.63) is 51.8 Å².